The van der Waals surface area contributed by atoms with Gasteiger partial charge in [-0.15, -0.1) is 0 Å². The molecule has 0 bridgehead atoms. The van der Waals surface area contributed by atoms with Gasteiger partial charge in [0.15, 0.2) is 0 Å². The van der Waals surface area contributed by atoms with Gasteiger partial charge in [-0.2, -0.15) is 0 Å². The van der Waals surface area contributed by atoms with Gasteiger partial charge in [-0.05, 0) is 25.5 Å². The highest BCUT2D eigenvalue weighted by atomic mass is 15.2. The normalized spacial score (nSPS) is 25.0. The Morgan fingerprint density at radius 3 is 2.58 bits per heavy atom. The molecule has 2 unspecified atom stereocenters. The van der Waals surface area contributed by atoms with Gasteiger partial charge in [-0.1, -0.05) is 18.2 Å². The predicted octanol–water partition coefficient (Wildman–Crippen LogP) is 2.36. The summed E-state index contributed by atoms with van der Waals surface area (Å²) in [6, 6.07) is 9.84. The number of aromatic nitrogens is 1. The molecule has 1 N–H and O–H groups in total. The van der Waals surface area contributed by atoms with E-state index < -0.39 is 0 Å². The number of benzene rings is 1. The fraction of sp³-hybridized carbons (Fsp3) is 0.500. The molecule has 1 aliphatic rings. The van der Waals surface area contributed by atoms with Crippen LogP contribution in [0, 0.1) is 0 Å². The molecule has 1 aromatic carbocycles. The van der Waals surface area contributed by atoms with Crippen LogP contribution in [0.5, 0.6) is 0 Å². The fourth-order valence-electron chi connectivity index (χ4n) is 3.36. The summed E-state index contributed by atoms with van der Waals surface area (Å²) in [4.78, 5) is 2.56. The van der Waals surface area contributed by atoms with Crippen molar-refractivity contribution < 1.29 is 0 Å². The Bertz CT molecular complexity index is 562. The Kier molecular flexibility index (Phi) is 3.33. The molecule has 2 atom stereocenters. The molecule has 3 heteroatoms. The summed E-state index contributed by atoms with van der Waals surface area (Å²) < 4.78 is 2.24. The van der Waals surface area contributed by atoms with Crippen molar-refractivity contribution >= 4 is 10.9 Å². The molecule has 0 radical (unpaired) electrons. The molecule has 19 heavy (non-hydrogen) atoms. The summed E-state index contributed by atoms with van der Waals surface area (Å²) in [7, 11) is 2.13. The number of piperazine rings is 1. The van der Waals surface area contributed by atoms with Crippen LogP contribution in [0.25, 0.3) is 10.9 Å². The van der Waals surface area contributed by atoms with E-state index in [-0.39, 0.29) is 0 Å². The first kappa shape index (κ1) is 12.7. The quantitative estimate of drug-likeness (QED) is 0.891. The lowest BCUT2D eigenvalue weighted by Gasteiger charge is -2.36. The maximum absolute atomic E-state index is 3.59. The van der Waals surface area contributed by atoms with Crippen molar-refractivity contribution in [2.24, 2.45) is 7.05 Å². The Balaban J connectivity index is 1.85. The summed E-state index contributed by atoms with van der Waals surface area (Å²) in [5.41, 5.74) is 2.77. The van der Waals surface area contributed by atoms with Gasteiger partial charge in [0.05, 0.1) is 0 Å². The average Bonchev–Trinajstić information content (AvgIpc) is 2.66. The number of para-hydroxylation sites is 1. The number of nitrogens with zero attached hydrogens (tertiary/aromatic N) is 2. The van der Waals surface area contributed by atoms with Crippen molar-refractivity contribution in [1.29, 1.82) is 0 Å². The van der Waals surface area contributed by atoms with E-state index in [4.69, 9.17) is 0 Å². The van der Waals surface area contributed by atoms with E-state index in [9.17, 15) is 0 Å². The second-order valence-corrected chi connectivity index (χ2v) is 5.95. The van der Waals surface area contributed by atoms with Gasteiger partial charge < -0.3 is 9.88 Å². The van der Waals surface area contributed by atoms with E-state index in [2.05, 4.69) is 66.1 Å². The molecular formula is C16H23N3. The van der Waals surface area contributed by atoms with E-state index in [1.54, 1.807) is 0 Å². The topological polar surface area (TPSA) is 20.2 Å². The highest BCUT2D eigenvalue weighted by molar-refractivity contribution is 5.83. The maximum atomic E-state index is 3.59. The van der Waals surface area contributed by atoms with Crippen molar-refractivity contribution in [2.45, 2.75) is 32.5 Å². The number of fused-ring (bicyclic) bond motifs is 1. The average molecular weight is 257 g/mol. The number of rotatable bonds is 2. The third kappa shape index (κ3) is 2.53. The highest BCUT2D eigenvalue weighted by Gasteiger charge is 2.21. The van der Waals surface area contributed by atoms with Gasteiger partial charge in [-0.25, -0.2) is 0 Å². The third-order valence-electron chi connectivity index (χ3n) is 4.01. The zero-order valence-corrected chi connectivity index (χ0v) is 12.1. The van der Waals surface area contributed by atoms with Crippen molar-refractivity contribution in [2.75, 3.05) is 13.1 Å². The van der Waals surface area contributed by atoms with Gasteiger partial charge in [0.25, 0.3) is 0 Å². The standard InChI is InChI=1S/C16H23N3/c1-12-8-19(9-13(2)17-12)11-14-10-18(3)16-7-5-4-6-15(14)16/h4-7,10,12-13,17H,8-9,11H2,1-3H3. The Labute approximate surface area is 115 Å². The minimum atomic E-state index is 0.582. The monoisotopic (exact) mass is 257 g/mol. The first-order valence-electron chi connectivity index (χ1n) is 7.15. The largest absolute Gasteiger partial charge is 0.350 e. The zero-order chi connectivity index (χ0) is 13.4. The van der Waals surface area contributed by atoms with Gasteiger partial charge >= 0.3 is 0 Å². The van der Waals surface area contributed by atoms with Crippen LogP contribution in [0.4, 0.5) is 0 Å². The van der Waals surface area contributed by atoms with Gasteiger partial charge in [0.1, 0.15) is 0 Å². The van der Waals surface area contributed by atoms with Gasteiger partial charge in [0.2, 0.25) is 0 Å². The molecule has 1 aromatic heterocycles. The number of hydrogen-bond donors (Lipinski definition) is 1. The predicted molar refractivity (Wildman–Crippen MR) is 80.3 cm³/mol. The van der Waals surface area contributed by atoms with E-state index in [0.29, 0.717) is 12.1 Å². The van der Waals surface area contributed by atoms with Crippen LogP contribution >= 0.6 is 0 Å². The Morgan fingerprint density at radius 2 is 1.84 bits per heavy atom. The molecule has 0 saturated carbocycles. The van der Waals surface area contributed by atoms with Crippen molar-refractivity contribution in [1.82, 2.24) is 14.8 Å². The molecule has 2 heterocycles. The maximum Gasteiger partial charge on any atom is 0.0481 e. The van der Waals surface area contributed by atoms with E-state index in [1.165, 1.54) is 16.5 Å². The lowest BCUT2D eigenvalue weighted by Crippen LogP contribution is -2.53. The van der Waals surface area contributed by atoms with Crippen LogP contribution in [-0.4, -0.2) is 34.6 Å². The van der Waals surface area contributed by atoms with Crippen molar-refractivity contribution in [3.63, 3.8) is 0 Å². The molecule has 102 valence electrons. The zero-order valence-electron chi connectivity index (χ0n) is 12.1. The first-order valence-corrected chi connectivity index (χ1v) is 7.15. The molecule has 0 amide bonds. The second kappa shape index (κ2) is 4.99. The lowest BCUT2D eigenvalue weighted by molar-refractivity contribution is 0.167. The van der Waals surface area contributed by atoms with Crippen LogP contribution in [-0.2, 0) is 13.6 Å². The van der Waals surface area contributed by atoms with Crippen LogP contribution < -0.4 is 5.32 Å². The SMILES string of the molecule is CC1CN(Cc2cn(C)c3ccccc23)CC(C)N1. The molecule has 0 spiro atoms. The summed E-state index contributed by atoms with van der Waals surface area (Å²) >= 11 is 0. The van der Waals surface area contributed by atoms with Crippen LogP contribution in [0.2, 0.25) is 0 Å². The minimum Gasteiger partial charge on any atom is -0.350 e. The molecule has 3 rings (SSSR count). The van der Waals surface area contributed by atoms with Crippen LogP contribution in [0.1, 0.15) is 19.4 Å². The van der Waals surface area contributed by atoms with E-state index in [1.807, 2.05) is 0 Å². The smallest absolute Gasteiger partial charge is 0.0481 e. The molecule has 3 nitrogen and oxygen atoms in total. The van der Waals surface area contributed by atoms with Crippen LogP contribution in [0.3, 0.4) is 0 Å². The Morgan fingerprint density at radius 1 is 1.16 bits per heavy atom. The highest BCUT2D eigenvalue weighted by Crippen LogP contribution is 2.22. The van der Waals surface area contributed by atoms with E-state index >= 15 is 0 Å². The minimum absolute atomic E-state index is 0.582. The van der Waals surface area contributed by atoms with Gasteiger partial charge in [0, 0.05) is 55.9 Å². The second-order valence-electron chi connectivity index (χ2n) is 5.95. The molecule has 1 aliphatic heterocycles. The van der Waals surface area contributed by atoms with Crippen molar-refractivity contribution in [3.8, 4) is 0 Å². The number of nitrogens with one attached hydrogen (secondary N) is 1. The molecular weight excluding hydrogens is 234 g/mol. The summed E-state index contributed by atoms with van der Waals surface area (Å²) in [5.74, 6) is 0. The Hall–Kier alpha value is -1.32. The third-order valence-corrected chi connectivity index (χ3v) is 4.01. The fourth-order valence-corrected chi connectivity index (χ4v) is 3.36. The number of aryl methyl sites for hydroxylation is 1. The molecule has 0 aliphatic carbocycles. The summed E-state index contributed by atoms with van der Waals surface area (Å²) in [5, 5.41) is 4.98. The lowest BCUT2D eigenvalue weighted by atomic mass is 10.1. The van der Waals surface area contributed by atoms with Crippen LogP contribution in [0.15, 0.2) is 30.5 Å². The molecule has 2 aromatic rings. The summed E-state index contributed by atoms with van der Waals surface area (Å²) in [6.07, 6.45) is 2.28. The van der Waals surface area contributed by atoms with E-state index in [0.717, 1.165) is 19.6 Å². The molecule has 1 fully saturated rings. The van der Waals surface area contributed by atoms with Crippen molar-refractivity contribution in [3.05, 3.63) is 36.0 Å². The molecule has 1 saturated heterocycles. The summed E-state index contributed by atoms with van der Waals surface area (Å²) in [6.45, 7) is 7.86. The first-order chi connectivity index (χ1) is 9.13. The number of hydrogen-bond acceptors (Lipinski definition) is 2. The van der Waals surface area contributed by atoms with Gasteiger partial charge in [-0.3, -0.25) is 4.90 Å².